The summed E-state index contributed by atoms with van der Waals surface area (Å²) < 4.78 is 12.9. The molecule has 22 heavy (non-hydrogen) atoms. The molecular formula is C15H19NO6. The minimum Gasteiger partial charge on any atom is -0.460 e. The van der Waals surface area contributed by atoms with Crippen molar-refractivity contribution in [2.24, 2.45) is 7.05 Å². The van der Waals surface area contributed by atoms with E-state index in [-0.39, 0.29) is 0 Å². The number of benzene rings is 1. The number of rotatable bonds is 3. The predicted molar refractivity (Wildman–Crippen MR) is 77.3 cm³/mol. The summed E-state index contributed by atoms with van der Waals surface area (Å²) >= 11 is 0. The molecule has 1 aliphatic heterocycles. The lowest BCUT2D eigenvalue weighted by Gasteiger charge is -2.39. The number of aliphatic hydroxyl groups excluding tert-OH is 4. The van der Waals surface area contributed by atoms with Gasteiger partial charge in [-0.15, -0.1) is 0 Å². The molecule has 0 spiro atoms. The minimum atomic E-state index is -1.45. The molecule has 0 aliphatic carbocycles. The van der Waals surface area contributed by atoms with Gasteiger partial charge >= 0.3 is 0 Å². The smallest absolute Gasteiger partial charge is 0.229 e. The summed E-state index contributed by atoms with van der Waals surface area (Å²) in [6.45, 7) is -0.486. The zero-order chi connectivity index (χ0) is 15.9. The predicted octanol–water partition coefficient (Wildman–Crippen LogP) is -0.643. The van der Waals surface area contributed by atoms with Crippen molar-refractivity contribution in [3.05, 3.63) is 30.5 Å². The summed E-state index contributed by atoms with van der Waals surface area (Å²) in [4.78, 5) is 0. The van der Waals surface area contributed by atoms with Gasteiger partial charge in [-0.3, -0.25) is 0 Å². The van der Waals surface area contributed by atoms with Crippen LogP contribution < -0.4 is 4.74 Å². The van der Waals surface area contributed by atoms with Crippen LogP contribution in [0.25, 0.3) is 10.9 Å². The summed E-state index contributed by atoms with van der Waals surface area (Å²) in [7, 11) is 1.86. The maximum absolute atomic E-state index is 10.0. The van der Waals surface area contributed by atoms with Crippen LogP contribution in [0.2, 0.25) is 0 Å². The quantitative estimate of drug-likeness (QED) is 0.601. The van der Waals surface area contributed by atoms with Crippen molar-refractivity contribution in [2.75, 3.05) is 6.61 Å². The first-order valence-electron chi connectivity index (χ1n) is 7.04. The molecule has 2 aromatic rings. The molecule has 7 heteroatoms. The third kappa shape index (κ3) is 2.47. The Morgan fingerprint density at radius 3 is 2.59 bits per heavy atom. The van der Waals surface area contributed by atoms with Gasteiger partial charge in [0.25, 0.3) is 0 Å². The van der Waals surface area contributed by atoms with Crippen LogP contribution in [0.15, 0.2) is 30.5 Å². The number of hydrogen-bond donors (Lipinski definition) is 4. The molecule has 0 saturated carbocycles. The van der Waals surface area contributed by atoms with Gasteiger partial charge in [-0.05, 0) is 12.1 Å². The van der Waals surface area contributed by atoms with Crippen LogP contribution in [0.3, 0.4) is 0 Å². The Bertz CT molecular complexity index is 655. The fourth-order valence-electron chi connectivity index (χ4n) is 2.69. The van der Waals surface area contributed by atoms with Crippen molar-refractivity contribution in [3.8, 4) is 5.75 Å². The first-order chi connectivity index (χ1) is 10.5. The van der Waals surface area contributed by atoms with Crippen molar-refractivity contribution >= 4 is 10.9 Å². The van der Waals surface area contributed by atoms with E-state index in [0.29, 0.717) is 5.75 Å². The van der Waals surface area contributed by atoms with E-state index in [4.69, 9.17) is 9.47 Å². The van der Waals surface area contributed by atoms with Gasteiger partial charge in [0.1, 0.15) is 30.2 Å². The zero-order valence-corrected chi connectivity index (χ0v) is 12.0. The molecule has 1 aromatic carbocycles. The fourth-order valence-corrected chi connectivity index (χ4v) is 2.69. The third-order valence-electron chi connectivity index (χ3n) is 3.95. The van der Waals surface area contributed by atoms with Gasteiger partial charge < -0.3 is 34.5 Å². The maximum Gasteiger partial charge on any atom is 0.229 e. The fraction of sp³-hybridized carbons (Fsp3) is 0.467. The highest BCUT2D eigenvalue weighted by Gasteiger charge is 2.44. The number of ether oxygens (including phenoxy) is 2. The van der Waals surface area contributed by atoms with E-state index in [9.17, 15) is 20.4 Å². The molecule has 1 fully saturated rings. The standard InChI is InChI=1S/C15H19NO6/c1-16-6-10(8-4-2-3-5-9(8)16)21-15-14(20)13(19)12(18)11(7-17)22-15/h2-6,11-15,17-20H,7H2,1H3/t11-,12+,13+,14-,15+/m1/s1. The molecule has 2 heterocycles. The van der Waals surface area contributed by atoms with Gasteiger partial charge in [-0.2, -0.15) is 0 Å². The monoisotopic (exact) mass is 309 g/mol. The largest absolute Gasteiger partial charge is 0.460 e. The number of para-hydroxylation sites is 1. The normalized spacial score (nSPS) is 32.3. The second kappa shape index (κ2) is 5.86. The highest BCUT2D eigenvalue weighted by molar-refractivity contribution is 5.86. The summed E-state index contributed by atoms with van der Waals surface area (Å²) in [5, 5.41) is 39.6. The van der Waals surface area contributed by atoms with Crippen molar-refractivity contribution in [1.29, 1.82) is 0 Å². The van der Waals surface area contributed by atoms with E-state index < -0.39 is 37.3 Å². The SMILES string of the molecule is Cn1cc(O[C@H]2O[C@H](CO)[C@H](O)[C@H](O)[C@H]2O)c2ccccc21. The lowest BCUT2D eigenvalue weighted by molar-refractivity contribution is -0.277. The summed E-state index contributed by atoms with van der Waals surface area (Å²) in [5.41, 5.74) is 0.946. The Balaban J connectivity index is 1.87. The van der Waals surface area contributed by atoms with Crippen LogP contribution >= 0.6 is 0 Å². The highest BCUT2D eigenvalue weighted by atomic mass is 16.7. The van der Waals surface area contributed by atoms with Crippen LogP contribution in [-0.2, 0) is 11.8 Å². The number of aromatic nitrogens is 1. The van der Waals surface area contributed by atoms with E-state index >= 15 is 0 Å². The third-order valence-corrected chi connectivity index (χ3v) is 3.95. The molecule has 5 atom stereocenters. The number of hydrogen-bond acceptors (Lipinski definition) is 6. The van der Waals surface area contributed by atoms with E-state index in [0.717, 1.165) is 10.9 Å². The van der Waals surface area contributed by atoms with Crippen LogP contribution in [0.4, 0.5) is 0 Å². The molecule has 0 unspecified atom stereocenters. The van der Waals surface area contributed by atoms with Crippen LogP contribution in [0, 0.1) is 0 Å². The van der Waals surface area contributed by atoms with Crippen molar-refractivity contribution in [3.63, 3.8) is 0 Å². The average molecular weight is 309 g/mol. The Morgan fingerprint density at radius 1 is 1.14 bits per heavy atom. The molecular weight excluding hydrogens is 290 g/mol. The van der Waals surface area contributed by atoms with E-state index in [1.54, 1.807) is 6.20 Å². The van der Waals surface area contributed by atoms with Gasteiger partial charge in [-0.1, -0.05) is 12.1 Å². The molecule has 0 bridgehead atoms. The van der Waals surface area contributed by atoms with E-state index in [1.807, 2.05) is 35.9 Å². The van der Waals surface area contributed by atoms with Crippen molar-refractivity contribution in [1.82, 2.24) is 4.57 Å². The second-order valence-corrected chi connectivity index (χ2v) is 5.44. The van der Waals surface area contributed by atoms with Crippen LogP contribution in [-0.4, -0.2) is 62.3 Å². The van der Waals surface area contributed by atoms with Gasteiger partial charge in [0.05, 0.1) is 12.1 Å². The van der Waals surface area contributed by atoms with Crippen molar-refractivity contribution < 1.29 is 29.9 Å². The summed E-state index contributed by atoms with van der Waals surface area (Å²) in [6, 6.07) is 7.56. The van der Waals surface area contributed by atoms with Gasteiger partial charge in [0.2, 0.25) is 6.29 Å². The molecule has 0 radical (unpaired) electrons. The topological polar surface area (TPSA) is 104 Å². The van der Waals surface area contributed by atoms with E-state index in [2.05, 4.69) is 0 Å². The number of fused-ring (bicyclic) bond motifs is 1. The number of aryl methyl sites for hydroxylation is 1. The number of aliphatic hydroxyl groups is 4. The first kappa shape index (κ1) is 15.3. The minimum absolute atomic E-state index is 0.486. The molecule has 1 aliphatic rings. The molecule has 3 rings (SSSR count). The second-order valence-electron chi connectivity index (χ2n) is 5.44. The molecule has 0 amide bonds. The lowest BCUT2D eigenvalue weighted by Crippen LogP contribution is -2.60. The van der Waals surface area contributed by atoms with Gasteiger partial charge in [0, 0.05) is 18.6 Å². The van der Waals surface area contributed by atoms with Gasteiger partial charge in [0.15, 0.2) is 0 Å². The average Bonchev–Trinajstić information content (AvgIpc) is 2.84. The molecule has 120 valence electrons. The molecule has 7 nitrogen and oxygen atoms in total. The van der Waals surface area contributed by atoms with Crippen molar-refractivity contribution in [2.45, 2.75) is 30.7 Å². The Kier molecular flexibility index (Phi) is 4.07. The summed E-state index contributed by atoms with van der Waals surface area (Å²) in [5.74, 6) is 0.488. The maximum atomic E-state index is 10.0. The Labute approximate surface area is 126 Å². The highest BCUT2D eigenvalue weighted by Crippen LogP contribution is 2.30. The van der Waals surface area contributed by atoms with Gasteiger partial charge in [-0.25, -0.2) is 0 Å². The lowest BCUT2D eigenvalue weighted by atomic mass is 9.99. The molecule has 1 aromatic heterocycles. The van der Waals surface area contributed by atoms with Crippen LogP contribution in [0.1, 0.15) is 0 Å². The zero-order valence-electron chi connectivity index (χ0n) is 12.0. The molecule has 4 N–H and O–H groups in total. The Morgan fingerprint density at radius 2 is 1.86 bits per heavy atom. The Hall–Kier alpha value is -1.64. The van der Waals surface area contributed by atoms with Crippen LogP contribution in [0.5, 0.6) is 5.75 Å². The number of nitrogens with zero attached hydrogens (tertiary/aromatic N) is 1. The van der Waals surface area contributed by atoms with E-state index in [1.165, 1.54) is 0 Å². The first-order valence-corrected chi connectivity index (χ1v) is 7.04. The molecule has 1 saturated heterocycles. The summed E-state index contributed by atoms with van der Waals surface area (Å²) in [6.07, 6.45) is -4.69.